The van der Waals surface area contributed by atoms with Crippen molar-refractivity contribution in [1.29, 1.82) is 0 Å². The monoisotopic (exact) mass is 347 g/mol. The largest absolute Gasteiger partial charge is 0.338 e. The Hall–Kier alpha value is -2.35. The minimum atomic E-state index is -0.498. The van der Waals surface area contributed by atoms with Gasteiger partial charge in [-0.05, 0) is 25.8 Å². The van der Waals surface area contributed by atoms with Gasteiger partial charge in [0.2, 0.25) is 11.1 Å². The Balaban J connectivity index is 1.97. The Kier molecular flexibility index (Phi) is 6.36. The Morgan fingerprint density at radius 2 is 1.96 bits per heavy atom. The van der Waals surface area contributed by atoms with Gasteiger partial charge in [-0.2, -0.15) is 0 Å². The van der Waals surface area contributed by atoms with Crippen molar-refractivity contribution >= 4 is 23.7 Å². The number of urea groups is 1. The molecule has 7 nitrogen and oxygen atoms in total. The molecular formula is C16H21N5O2S. The third kappa shape index (κ3) is 4.82. The van der Waals surface area contributed by atoms with Crippen molar-refractivity contribution in [2.45, 2.75) is 37.6 Å². The average Bonchev–Trinajstić information content (AvgIpc) is 3.03. The van der Waals surface area contributed by atoms with Gasteiger partial charge in [-0.15, -0.1) is 5.10 Å². The molecule has 1 heterocycles. The van der Waals surface area contributed by atoms with Crippen LogP contribution in [0.15, 0.2) is 29.4 Å². The van der Waals surface area contributed by atoms with Crippen LogP contribution in [0.25, 0.3) is 11.4 Å². The van der Waals surface area contributed by atoms with Gasteiger partial charge in [-0.25, -0.2) is 9.78 Å². The van der Waals surface area contributed by atoms with Crippen LogP contribution in [0.2, 0.25) is 0 Å². The van der Waals surface area contributed by atoms with Crippen molar-refractivity contribution in [2.24, 2.45) is 0 Å². The van der Waals surface area contributed by atoms with E-state index in [1.165, 1.54) is 17.3 Å². The predicted octanol–water partition coefficient (Wildman–Crippen LogP) is 2.36. The standard InChI is InChI=1S/C16H21N5O2S/c1-4-11-6-8-12(9-7-11)13-18-16(21-20-13)24-10(3)14(22)19-15(23)17-5-2/h6-10H,4-5H2,1-3H3,(H,18,20,21)(H2,17,19,22,23). The number of amides is 3. The lowest BCUT2D eigenvalue weighted by atomic mass is 10.1. The fourth-order valence-electron chi connectivity index (χ4n) is 1.96. The number of aromatic amines is 1. The van der Waals surface area contributed by atoms with Gasteiger partial charge >= 0.3 is 6.03 Å². The number of nitrogens with one attached hydrogen (secondary N) is 3. The van der Waals surface area contributed by atoms with Crippen LogP contribution in [0.5, 0.6) is 0 Å². The van der Waals surface area contributed by atoms with Crippen LogP contribution < -0.4 is 10.6 Å². The SMILES string of the molecule is CCNC(=O)NC(=O)C(C)Sc1n[nH]c(-c2ccc(CC)cc2)n1. The van der Waals surface area contributed by atoms with Crippen LogP contribution in [-0.2, 0) is 11.2 Å². The van der Waals surface area contributed by atoms with E-state index < -0.39 is 11.3 Å². The first-order valence-corrected chi connectivity index (χ1v) is 8.68. The van der Waals surface area contributed by atoms with Crippen LogP contribution in [0.3, 0.4) is 0 Å². The van der Waals surface area contributed by atoms with Crippen molar-refractivity contribution in [3.05, 3.63) is 29.8 Å². The highest BCUT2D eigenvalue weighted by Gasteiger charge is 2.19. The lowest BCUT2D eigenvalue weighted by Crippen LogP contribution is -2.42. The van der Waals surface area contributed by atoms with Gasteiger partial charge in [-0.3, -0.25) is 15.2 Å². The minimum Gasteiger partial charge on any atom is -0.338 e. The van der Waals surface area contributed by atoms with Gasteiger partial charge < -0.3 is 5.32 Å². The van der Waals surface area contributed by atoms with E-state index in [9.17, 15) is 9.59 Å². The summed E-state index contributed by atoms with van der Waals surface area (Å²) in [5, 5.41) is 11.8. The summed E-state index contributed by atoms with van der Waals surface area (Å²) in [5.41, 5.74) is 2.19. The van der Waals surface area contributed by atoms with E-state index in [0.29, 0.717) is 17.5 Å². The number of carbonyl (C=O) groups excluding carboxylic acids is 2. The summed E-state index contributed by atoms with van der Waals surface area (Å²) in [6, 6.07) is 7.57. The molecule has 1 aromatic carbocycles. The van der Waals surface area contributed by atoms with Crippen LogP contribution in [0.4, 0.5) is 4.79 Å². The lowest BCUT2D eigenvalue weighted by molar-refractivity contribution is -0.119. The number of carbonyl (C=O) groups is 2. The number of H-pyrrole nitrogens is 1. The van der Waals surface area contributed by atoms with Crippen LogP contribution in [0, 0.1) is 0 Å². The van der Waals surface area contributed by atoms with Crippen molar-refractivity contribution in [3.8, 4) is 11.4 Å². The van der Waals surface area contributed by atoms with E-state index in [-0.39, 0.29) is 5.91 Å². The Morgan fingerprint density at radius 1 is 1.25 bits per heavy atom. The van der Waals surface area contributed by atoms with Crippen molar-refractivity contribution < 1.29 is 9.59 Å². The first kappa shape index (κ1) is 18.0. The zero-order valence-electron chi connectivity index (χ0n) is 13.9. The Labute approximate surface area is 145 Å². The molecule has 128 valence electrons. The fourth-order valence-corrected chi connectivity index (χ4v) is 2.68. The normalized spacial score (nSPS) is 11.8. The number of rotatable bonds is 6. The van der Waals surface area contributed by atoms with Crippen molar-refractivity contribution in [2.75, 3.05) is 6.54 Å². The highest BCUT2D eigenvalue weighted by Crippen LogP contribution is 2.23. The second-order valence-corrected chi connectivity index (χ2v) is 6.43. The first-order valence-electron chi connectivity index (χ1n) is 7.80. The smallest absolute Gasteiger partial charge is 0.321 e. The highest BCUT2D eigenvalue weighted by molar-refractivity contribution is 8.00. The summed E-state index contributed by atoms with van der Waals surface area (Å²) in [7, 11) is 0. The molecule has 2 aromatic rings. The van der Waals surface area contributed by atoms with Gasteiger partial charge in [0, 0.05) is 12.1 Å². The summed E-state index contributed by atoms with van der Waals surface area (Å²) >= 11 is 1.19. The third-order valence-electron chi connectivity index (χ3n) is 3.33. The van der Waals surface area contributed by atoms with E-state index in [1.807, 2.05) is 24.3 Å². The second-order valence-electron chi connectivity index (χ2n) is 5.13. The number of hydrogen-bond acceptors (Lipinski definition) is 5. The number of benzene rings is 1. The molecule has 1 atom stereocenters. The van der Waals surface area contributed by atoms with Gasteiger partial charge in [0.25, 0.3) is 0 Å². The molecule has 0 fully saturated rings. The molecule has 0 aliphatic rings. The van der Waals surface area contributed by atoms with E-state index in [4.69, 9.17) is 0 Å². The molecule has 3 amide bonds. The van der Waals surface area contributed by atoms with Gasteiger partial charge in [0.15, 0.2) is 5.82 Å². The molecule has 0 saturated carbocycles. The predicted molar refractivity (Wildman–Crippen MR) is 93.7 cm³/mol. The van der Waals surface area contributed by atoms with E-state index in [0.717, 1.165) is 12.0 Å². The molecule has 1 unspecified atom stereocenters. The van der Waals surface area contributed by atoms with Gasteiger partial charge in [0.1, 0.15) is 0 Å². The molecule has 0 saturated heterocycles. The average molecular weight is 347 g/mol. The summed E-state index contributed by atoms with van der Waals surface area (Å²) in [6.45, 7) is 6.04. The molecule has 8 heteroatoms. The van der Waals surface area contributed by atoms with E-state index in [1.54, 1.807) is 13.8 Å². The molecule has 2 rings (SSSR count). The van der Waals surface area contributed by atoms with Gasteiger partial charge in [0.05, 0.1) is 5.25 Å². The van der Waals surface area contributed by atoms with Crippen LogP contribution in [0.1, 0.15) is 26.3 Å². The number of nitrogens with zero attached hydrogens (tertiary/aromatic N) is 2. The number of aryl methyl sites for hydroxylation is 1. The minimum absolute atomic E-state index is 0.385. The summed E-state index contributed by atoms with van der Waals surface area (Å²) < 4.78 is 0. The maximum absolute atomic E-state index is 11.9. The molecule has 0 spiro atoms. The van der Waals surface area contributed by atoms with Crippen LogP contribution >= 0.6 is 11.8 Å². The van der Waals surface area contributed by atoms with Crippen molar-refractivity contribution in [3.63, 3.8) is 0 Å². The summed E-state index contributed by atoms with van der Waals surface area (Å²) in [5.74, 6) is 0.265. The molecular weight excluding hydrogens is 326 g/mol. The Bertz CT molecular complexity index is 699. The van der Waals surface area contributed by atoms with E-state index >= 15 is 0 Å². The molecule has 1 aromatic heterocycles. The van der Waals surface area contributed by atoms with Gasteiger partial charge in [-0.1, -0.05) is 43.0 Å². The number of thioether (sulfide) groups is 1. The Morgan fingerprint density at radius 3 is 2.58 bits per heavy atom. The summed E-state index contributed by atoms with van der Waals surface area (Å²) in [6.07, 6.45) is 0.982. The molecule has 0 aliphatic carbocycles. The topological polar surface area (TPSA) is 99.8 Å². The lowest BCUT2D eigenvalue weighted by Gasteiger charge is -2.09. The first-order chi connectivity index (χ1) is 11.5. The highest BCUT2D eigenvalue weighted by atomic mass is 32.2. The second kappa shape index (κ2) is 8.49. The number of imide groups is 1. The zero-order valence-corrected chi connectivity index (χ0v) is 14.7. The maximum atomic E-state index is 11.9. The molecule has 0 aliphatic heterocycles. The molecule has 24 heavy (non-hydrogen) atoms. The fraction of sp³-hybridized carbons (Fsp3) is 0.375. The maximum Gasteiger partial charge on any atom is 0.321 e. The van der Waals surface area contributed by atoms with E-state index in [2.05, 4.69) is 32.7 Å². The third-order valence-corrected chi connectivity index (χ3v) is 4.29. The number of aromatic nitrogens is 3. The molecule has 0 radical (unpaired) electrons. The summed E-state index contributed by atoms with van der Waals surface area (Å²) in [4.78, 5) is 27.7. The number of hydrogen-bond donors (Lipinski definition) is 3. The quantitative estimate of drug-likeness (QED) is 0.697. The van der Waals surface area contributed by atoms with Crippen LogP contribution in [-0.4, -0.2) is 38.9 Å². The molecule has 0 bridgehead atoms. The van der Waals surface area contributed by atoms with Crippen molar-refractivity contribution in [1.82, 2.24) is 25.8 Å². The molecule has 3 N–H and O–H groups in total. The zero-order chi connectivity index (χ0) is 17.5.